The number of anilines is 1. The highest BCUT2D eigenvalue weighted by atomic mass is 32.2. The minimum absolute atomic E-state index is 0.0177. The molecule has 0 fully saturated rings. The van der Waals surface area contributed by atoms with Crippen molar-refractivity contribution in [3.05, 3.63) is 53.9 Å². The van der Waals surface area contributed by atoms with Gasteiger partial charge in [-0.2, -0.15) is 4.37 Å². The maximum absolute atomic E-state index is 13.6. The van der Waals surface area contributed by atoms with Crippen molar-refractivity contribution in [2.75, 3.05) is 18.0 Å². The zero-order valence-electron chi connectivity index (χ0n) is 16.1. The maximum Gasteiger partial charge on any atom is 0.266 e. The molecule has 3 N–H and O–H groups in total. The van der Waals surface area contributed by atoms with Crippen LogP contribution >= 0.6 is 11.5 Å². The third kappa shape index (κ3) is 3.78. The first-order valence-electron chi connectivity index (χ1n) is 9.08. The molecule has 158 valence electrons. The molecular weight excluding hydrogens is 428 g/mol. The van der Waals surface area contributed by atoms with Crippen LogP contribution in [0.1, 0.15) is 23.6 Å². The van der Waals surface area contributed by atoms with Gasteiger partial charge in [0.1, 0.15) is 23.6 Å². The number of aromatic nitrogens is 2. The molecule has 0 radical (unpaired) electrons. The van der Waals surface area contributed by atoms with Crippen LogP contribution in [0, 0.1) is 0 Å². The smallest absolute Gasteiger partial charge is 0.266 e. The monoisotopic (exact) mass is 448 g/mol. The molecule has 0 saturated heterocycles. The summed E-state index contributed by atoms with van der Waals surface area (Å²) in [4.78, 5) is 4.15. The number of hydrogen-bond donors (Lipinski definition) is 2. The minimum atomic E-state index is -4.01. The van der Waals surface area contributed by atoms with Crippen LogP contribution in [0.2, 0.25) is 0 Å². The highest BCUT2D eigenvalue weighted by molar-refractivity contribution is 7.93. The Morgan fingerprint density at radius 1 is 1.33 bits per heavy atom. The van der Waals surface area contributed by atoms with Gasteiger partial charge in [-0.15, -0.1) is 0 Å². The van der Waals surface area contributed by atoms with Gasteiger partial charge in [-0.1, -0.05) is 6.07 Å². The Balaban J connectivity index is 1.76. The van der Waals surface area contributed by atoms with Crippen LogP contribution in [-0.4, -0.2) is 36.6 Å². The van der Waals surface area contributed by atoms with E-state index in [4.69, 9.17) is 15.2 Å². The summed E-state index contributed by atoms with van der Waals surface area (Å²) >= 11 is 0.962. The van der Waals surface area contributed by atoms with Crippen LogP contribution in [0.15, 0.2) is 47.6 Å². The van der Waals surface area contributed by atoms with Gasteiger partial charge < -0.3 is 20.3 Å². The standard InChI is InChI=1S/C19H20N4O5S2/c1-27-17-8-13(24)3-2-12(17)10-23(19-21-11-22-29-19)30(25,26)14-4-5-15-16(20)6-7-28-18(15)9-14/h2-5,8-9,11,16,24H,6-7,10,20H2,1H3/t16-/m0/s1. The summed E-state index contributed by atoms with van der Waals surface area (Å²) in [7, 11) is -2.56. The largest absolute Gasteiger partial charge is 0.508 e. The fourth-order valence-electron chi connectivity index (χ4n) is 3.24. The summed E-state index contributed by atoms with van der Waals surface area (Å²) in [5.41, 5.74) is 7.44. The van der Waals surface area contributed by atoms with Gasteiger partial charge in [0.2, 0.25) is 5.13 Å². The number of aromatic hydroxyl groups is 1. The van der Waals surface area contributed by atoms with Gasteiger partial charge in [0.15, 0.2) is 0 Å². The van der Waals surface area contributed by atoms with Crippen molar-refractivity contribution in [1.82, 2.24) is 9.36 Å². The molecule has 1 aliphatic rings. The van der Waals surface area contributed by atoms with Crippen LogP contribution in [0.4, 0.5) is 5.13 Å². The van der Waals surface area contributed by atoms with Gasteiger partial charge >= 0.3 is 0 Å². The van der Waals surface area contributed by atoms with Crippen LogP contribution in [0.25, 0.3) is 0 Å². The zero-order valence-corrected chi connectivity index (χ0v) is 17.7. The second kappa shape index (κ2) is 8.09. The van der Waals surface area contributed by atoms with E-state index in [1.807, 2.05) is 0 Å². The van der Waals surface area contributed by atoms with E-state index in [0.29, 0.717) is 30.1 Å². The quantitative estimate of drug-likeness (QED) is 0.588. The lowest BCUT2D eigenvalue weighted by atomic mass is 10.0. The minimum Gasteiger partial charge on any atom is -0.508 e. The van der Waals surface area contributed by atoms with Crippen molar-refractivity contribution in [2.45, 2.75) is 23.9 Å². The number of phenolic OH excluding ortho intramolecular Hbond substituents is 1. The Morgan fingerprint density at radius 2 is 2.17 bits per heavy atom. The van der Waals surface area contributed by atoms with E-state index in [-0.39, 0.29) is 28.4 Å². The average molecular weight is 449 g/mol. The topological polar surface area (TPSA) is 128 Å². The van der Waals surface area contributed by atoms with Crippen LogP contribution in [0.5, 0.6) is 17.2 Å². The summed E-state index contributed by atoms with van der Waals surface area (Å²) in [6.45, 7) is 0.376. The number of ether oxygens (including phenoxy) is 2. The molecule has 1 aliphatic heterocycles. The maximum atomic E-state index is 13.6. The third-order valence-corrected chi connectivity index (χ3v) is 7.34. The third-order valence-electron chi connectivity index (χ3n) is 4.81. The number of fused-ring (bicyclic) bond motifs is 1. The first kappa shape index (κ1) is 20.4. The molecule has 1 aromatic heterocycles. The Labute approximate surface area is 177 Å². The Morgan fingerprint density at radius 3 is 2.90 bits per heavy atom. The second-order valence-corrected chi connectivity index (χ2v) is 9.30. The average Bonchev–Trinajstić information content (AvgIpc) is 3.26. The summed E-state index contributed by atoms with van der Waals surface area (Å²) in [5, 5.41) is 9.91. The summed E-state index contributed by atoms with van der Waals surface area (Å²) in [6.07, 6.45) is 1.97. The Bertz CT molecular complexity index is 1150. The fraction of sp³-hybridized carbons (Fsp3) is 0.263. The highest BCUT2D eigenvalue weighted by Gasteiger charge is 2.30. The molecule has 2 heterocycles. The summed E-state index contributed by atoms with van der Waals surface area (Å²) in [6, 6.07) is 9.01. The lowest BCUT2D eigenvalue weighted by Crippen LogP contribution is -2.31. The molecule has 0 bridgehead atoms. The number of rotatable bonds is 6. The number of nitrogens with two attached hydrogens (primary N) is 1. The molecule has 3 aromatic rings. The molecule has 9 nitrogen and oxygen atoms in total. The van der Waals surface area contributed by atoms with Crippen molar-refractivity contribution < 1.29 is 23.0 Å². The van der Waals surface area contributed by atoms with Crippen molar-refractivity contribution in [3.8, 4) is 17.2 Å². The molecule has 2 aromatic carbocycles. The molecule has 0 amide bonds. The molecule has 0 aliphatic carbocycles. The number of nitrogens with zero attached hydrogens (tertiary/aromatic N) is 3. The number of methoxy groups -OCH3 is 1. The fourth-order valence-corrected chi connectivity index (χ4v) is 5.38. The lowest BCUT2D eigenvalue weighted by Gasteiger charge is -2.25. The Kier molecular flexibility index (Phi) is 5.50. The second-order valence-electron chi connectivity index (χ2n) is 6.67. The van der Waals surface area contributed by atoms with Gasteiger partial charge in [0.25, 0.3) is 10.0 Å². The van der Waals surface area contributed by atoms with Crippen molar-refractivity contribution in [1.29, 1.82) is 0 Å². The number of sulfonamides is 1. The van der Waals surface area contributed by atoms with Crippen molar-refractivity contribution in [3.63, 3.8) is 0 Å². The molecule has 4 rings (SSSR count). The Hall–Kier alpha value is -2.89. The van der Waals surface area contributed by atoms with Gasteiger partial charge in [0.05, 0.1) is 25.2 Å². The van der Waals surface area contributed by atoms with Crippen LogP contribution < -0.4 is 19.5 Å². The normalized spacial score (nSPS) is 15.9. The van der Waals surface area contributed by atoms with E-state index in [9.17, 15) is 13.5 Å². The van der Waals surface area contributed by atoms with Crippen LogP contribution in [0.3, 0.4) is 0 Å². The molecular formula is C19H20N4O5S2. The zero-order chi connectivity index (χ0) is 21.3. The lowest BCUT2D eigenvalue weighted by molar-refractivity contribution is 0.268. The number of hydrogen-bond acceptors (Lipinski definition) is 9. The van der Waals surface area contributed by atoms with E-state index in [1.165, 1.54) is 37.7 Å². The van der Waals surface area contributed by atoms with Gasteiger partial charge in [0, 0.05) is 47.3 Å². The first-order valence-corrected chi connectivity index (χ1v) is 11.3. The van der Waals surface area contributed by atoms with E-state index >= 15 is 0 Å². The van der Waals surface area contributed by atoms with E-state index < -0.39 is 10.0 Å². The number of benzene rings is 2. The summed E-state index contributed by atoms with van der Waals surface area (Å²) in [5.74, 6) is 0.845. The molecule has 30 heavy (non-hydrogen) atoms. The molecule has 1 atom stereocenters. The number of phenols is 1. The van der Waals surface area contributed by atoms with E-state index in [0.717, 1.165) is 21.4 Å². The van der Waals surface area contributed by atoms with Crippen molar-refractivity contribution >= 4 is 26.7 Å². The van der Waals surface area contributed by atoms with E-state index in [1.54, 1.807) is 12.1 Å². The van der Waals surface area contributed by atoms with Crippen molar-refractivity contribution in [2.24, 2.45) is 5.73 Å². The molecule has 0 spiro atoms. The van der Waals surface area contributed by atoms with Gasteiger partial charge in [-0.25, -0.2) is 17.7 Å². The summed E-state index contributed by atoms with van der Waals surface area (Å²) < 4.78 is 43.1. The van der Waals surface area contributed by atoms with Crippen LogP contribution in [-0.2, 0) is 16.6 Å². The molecule has 0 unspecified atom stereocenters. The first-order chi connectivity index (χ1) is 14.4. The van der Waals surface area contributed by atoms with E-state index in [2.05, 4.69) is 9.36 Å². The molecule has 11 heteroatoms. The van der Waals surface area contributed by atoms with Gasteiger partial charge in [-0.3, -0.25) is 0 Å². The molecule has 0 saturated carbocycles. The predicted molar refractivity (Wildman–Crippen MR) is 111 cm³/mol. The van der Waals surface area contributed by atoms with Gasteiger partial charge in [-0.05, 0) is 18.2 Å². The predicted octanol–water partition coefficient (Wildman–Crippen LogP) is 2.43. The highest BCUT2D eigenvalue weighted by Crippen LogP contribution is 2.35. The SMILES string of the molecule is COc1cc(O)ccc1CN(c1ncns1)S(=O)(=O)c1ccc2c(c1)OCC[C@@H]2N.